The smallest absolute Gasteiger partial charge is 0.548 e. The van der Waals surface area contributed by atoms with Crippen molar-refractivity contribution in [3.05, 3.63) is 0 Å². The van der Waals surface area contributed by atoms with Gasteiger partial charge in [0.25, 0.3) is 0 Å². The summed E-state index contributed by atoms with van der Waals surface area (Å²) in [5, 5.41) is 50.9. The van der Waals surface area contributed by atoms with Crippen LogP contribution in [0.2, 0.25) is 0 Å². The van der Waals surface area contributed by atoms with Gasteiger partial charge in [0.05, 0.1) is 49.1 Å². The quantitative estimate of drug-likeness (QED) is 0.0431. The molecule has 0 aliphatic rings. The fourth-order valence-electron chi connectivity index (χ4n) is 6.58. The Bertz CT molecular complexity index is 1160. The molecule has 0 spiro atoms. The predicted octanol–water partition coefficient (Wildman–Crippen LogP) is -11.2. The summed E-state index contributed by atoms with van der Waals surface area (Å²) in [7, 11) is 0. The van der Waals surface area contributed by atoms with Crippen LogP contribution in [0.3, 0.4) is 0 Å². The summed E-state index contributed by atoms with van der Waals surface area (Å²) in [6.07, 6.45) is 17.7. The maximum Gasteiger partial charge on any atom is 1.00 e. The van der Waals surface area contributed by atoms with Crippen molar-refractivity contribution in [2.45, 2.75) is 193 Å². The van der Waals surface area contributed by atoms with Crippen molar-refractivity contribution in [3.63, 3.8) is 0 Å². The number of unbranched alkanes of at least 4 members (excludes halogenated alkanes) is 17. The molecule has 2 atom stereocenters. The van der Waals surface area contributed by atoms with E-state index in [-0.39, 0.29) is 170 Å². The van der Waals surface area contributed by atoms with E-state index in [1.807, 2.05) is 0 Å². The number of hydrogen-bond acceptors (Lipinski definition) is 12. The van der Waals surface area contributed by atoms with Crippen LogP contribution in [0, 0.1) is 0 Å². The van der Waals surface area contributed by atoms with Crippen LogP contribution in [0.25, 0.3) is 0 Å². The Hall–Kier alpha value is -0.240. The largest absolute Gasteiger partial charge is 1.00 e. The molecule has 0 saturated heterocycles. The molecule has 0 saturated carbocycles. The van der Waals surface area contributed by atoms with Crippen molar-refractivity contribution in [1.29, 1.82) is 0 Å². The number of nitrogens with one attached hydrogen (secondary N) is 2. The molecule has 2 N–H and O–H groups in total. The van der Waals surface area contributed by atoms with Crippen LogP contribution in [0.1, 0.15) is 181 Å². The number of carbonyl (C=O) groups is 8. The minimum absolute atomic E-state index is 0. The zero-order valence-electron chi connectivity index (χ0n) is 39.2. The summed E-state index contributed by atoms with van der Waals surface area (Å²) >= 11 is 0. The fraction of sp³-hybridized carbons (Fsp3) is 0.810. The van der Waals surface area contributed by atoms with Gasteiger partial charge in [-0.05, 0) is 38.5 Å². The molecule has 62 heavy (non-hydrogen) atoms. The number of carbonyl (C=O) groups excluding carboxylic acids is 8. The van der Waals surface area contributed by atoms with E-state index in [0.717, 1.165) is 61.2 Å². The number of nitrogens with zero attached hydrogens (tertiary/aromatic N) is 2. The molecular weight excluding hydrogens is 844 g/mol. The van der Waals surface area contributed by atoms with E-state index in [9.17, 15) is 58.8 Å². The molecule has 0 aliphatic carbocycles. The zero-order chi connectivity index (χ0) is 43.6. The molecule has 0 fully saturated rings. The van der Waals surface area contributed by atoms with Gasteiger partial charge in [-0.3, -0.25) is 19.2 Å². The van der Waals surface area contributed by atoms with Crippen molar-refractivity contribution in [3.8, 4) is 0 Å². The summed E-state index contributed by atoms with van der Waals surface area (Å²) in [4.78, 5) is 98.6. The van der Waals surface area contributed by atoms with Crippen LogP contribution in [0.5, 0.6) is 0 Å². The molecule has 0 aromatic carbocycles. The van der Waals surface area contributed by atoms with E-state index >= 15 is 0 Å². The monoisotopic (exact) mass is 914 g/mol. The normalized spacial score (nSPS) is 11.2. The first-order chi connectivity index (χ1) is 27.7. The van der Waals surface area contributed by atoms with E-state index in [2.05, 4.69) is 24.5 Å². The van der Waals surface area contributed by atoms with Crippen LogP contribution in [-0.4, -0.2) is 95.6 Å². The van der Waals surface area contributed by atoms with E-state index in [4.69, 9.17) is 0 Å². The summed E-state index contributed by atoms with van der Waals surface area (Å²) < 4.78 is 0. The maximum atomic E-state index is 12.9. The number of carboxylic acids is 4. The van der Waals surface area contributed by atoms with Gasteiger partial charge in [-0.2, -0.15) is 0 Å². The first kappa shape index (κ1) is 70.8. The van der Waals surface area contributed by atoms with E-state index in [1.165, 1.54) is 51.4 Å². The van der Waals surface area contributed by atoms with Crippen LogP contribution < -0.4 is 149 Å². The summed E-state index contributed by atoms with van der Waals surface area (Å²) in [5.41, 5.74) is 0. The molecule has 0 heterocycles. The Labute approximate surface area is 458 Å². The predicted molar refractivity (Wildman–Crippen MR) is 208 cm³/mol. The van der Waals surface area contributed by atoms with Gasteiger partial charge in [0.1, 0.15) is 0 Å². The number of aliphatic carboxylic acids is 4. The van der Waals surface area contributed by atoms with Crippen LogP contribution in [0.15, 0.2) is 0 Å². The van der Waals surface area contributed by atoms with Crippen molar-refractivity contribution in [1.82, 2.24) is 20.4 Å². The van der Waals surface area contributed by atoms with Crippen molar-refractivity contribution in [2.24, 2.45) is 0 Å². The molecule has 0 aromatic heterocycles. The number of amides is 4. The zero-order valence-corrected chi connectivity index (χ0v) is 47.2. The van der Waals surface area contributed by atoms with Crippen molar-refractivity contribution in [2.75, 3.05) is 26.2 Å². The fourth-order valence-corrected chi connectivity index (χ4v) is 6.58. The van der Waals surface area contributed by atoms with Crippen LogP contribution >= 0.6 is 0 Å². The second-order valence-electron chi connectivity index (χ2n) is 15.2. The van der Waals surface area contributed by atoms with Gasteiger partial charge in [-0.25, -0.2) is 0 Å². The molecule has 20 heteroatoms. The standard InChI is InChI=1S/C42H74N4O12.4Na/c1-3-5-7-9-11-13-15-17-19-23-35(47)43-33(41(55)56)25-27-37(49)45(31-39(51)52)29-21-22-30-46(32-40(53)54)38(50)28-26-34(42(57)58)44-36(48)24-20-18-16-14-12-10-8-6-4-2;;;;/h33-34H,3-32H2,1-2H3,(H,43,47)(H,44,48)(H,51,52)(H,53,54)(H,55,56)(H,57,58);;;;/q;4*+1/p-4. The second-order valence-corrected chi connectivity index (χ2v) is 15.2. The molecule has 4 amide bonds. The first-order valence-electron chi connectivity index (χ1n) is 21.7. The molecule has 0 radical (unpaired) electrons. The SMILES string of the molecule is CCCCCCCCCCCC(=O)NC(CCC(=O)N(CCCCN(CC(=O)[O-])C(=O)CCC(NC(=O)CCCCCCCCCCC)C(=O)[O-])CC(=O)[O-])C(=O)[O-].[Na+].[Na+].[Na+].[Na+]. The maximum absolute atomic E-state index is 12.9. The number of rotatable bonds is 39. The molecule has 0 bridgehead atoms. The third kappa shape index (κ3) is 41.2. The summed E-state index contributed by atoms with van der Waals surface area (Å²) in [5.74, 6) is -8.74. The van der Waals surface area contributed by atoms with Crippen LogP contribution in [-0.2, 0) is 38.4 Å². The molecule has 0 rings (SSSR count). The van der Waals surface area contributed by atoms with E-state index in [1.54, 1.807) is 0 Å². The molecule has 16 nitrogen and oxygen atoms in total. The third-order valence-corrected chi connectivity index (χ3v) is 10.00. The summed E-state index contributed by atoms with van der Waals surface area (Å²) in [6, 6.07) is -2.93. The third-order valence-electron chi connectivity index (χ3n) is 10.00. The van der Waals surface area contributed by atoms with Gasteiger partial charge in [-0.15, -0.1) is 0 Å². The Balaban J connectivity index is -0.00000271. The number of carboxylic acid groups (broad SMARTS) is 4. The second kappa shape index (κ2) is 47.3. The Kier molecular flexibility index (Phi) is 53.9. The van der Waals surface area contributed by atoms with Crippen LogP contribution in [0.4, 0.5) is 0 Å². The Morgan fingerprint density at radius 2 is 0.677 bits per heavy atom. The average Bonchev–Trinajstić information content (AvgIpc) is 3.16. The van der Waals surface area contributed by atoms with E-state index in [0.29, 0.717) is 12.8 Å². The average molecular weight is 915 g/mol. The van der Waals surface area contributed by atoms with Gasteiger partial charge in [0, 0.05) is 38.8 Å². The molecule has 334 valence electrons. The summed E-state index contributed by atoms with van der Waals surface area (Å²) in [6.45, 7) is 2.39. The van der Waals surface area contributed by atoms with Gasteiger partial charge < -0.3 is 60.0 Å². The van der Waals surface area contributed by atoms with Gasteiger partial charge >= 0.3 is 118 Å². The minimum Gasteiger partial charge on any atom is -0.548 e. The van der Waals surface area contributed by atoms with Gasteiger partial charge in [0.2, 0.25) is 23.6 Å². The Morgan fingerprint density at radius 3 is 0.935 bits per heavy atom. The molecule has 0 aromatic rings. The number of hydrogen-bond donors (Lipinski definition) is 2. The van der Waals surface area contributed by atoms with E-state index < -0.39 is 85.5 Å². The van der Waals surface area contributed by atoms with Gasteiger partial charge in [0.15, 0.2) is 0 Å². The molecular formula is C42H70N4Na4O12. The first-order valence-corrected chi connectivity index (χ1v) is 21.7. The Morgan fingerprint density at radius 1 is 0.403 bits per heavy atom. The van der Waals surface area contributed by atoms with Gasteiger partial charge in [-0.1, -0.05) is 117 Å². The van der Waals surface area contributed by atoms with Crippen molar-refractivity contribution >= 4 is 47.5 Å². The topological polar surface area (TPSA) is 259 Å². The minimum atomic E-state index is -1.58. The molecule has 2 unspecified atom stereocenters. The van der Waals surface area contributed by atoms with Crippen molar-refractivity contribution < 1.29 is 177 Å². The molecule has 0 aliphatic heterocycles.